The van der Waals surface area contributed by atoms with Crippen molar-refractivity contribution in [1.82, 2.24) is 58.8 Å². The van der Waals surface area contributed by atoms with E-state index in [1.807, 2.05) is 53.8 Å². The number of hydrogen-bond acceptors (Lipinski definition) is 13. The van der Waals surface area contributed by atoms with E-state index in [2.05, 4.69) is 101 Å². The largest absolute Gasteiger partial charge is 0.368 e. The van der Waals surface area contributed by atoms with Crippen LogP contribution in [0, 0.1) is 24.4 Å². The number of nitrogens with one attached hydrogen (secondary N) is 2. The first-order valence-electron chi connectivity index (χ1n) is 25.6. The minimum absolute atomic E-state index is 0.00340. The van der Waals surface area contributed by atoms with Crippen LogP contribution in [0.15, 0.2) is 67.1 Å². The van der Waals surface area contributed by atoms with Gasteiger partial charge in [0.1, 0.15) is 40.2 Å². The minimum Gasteiger partial charge on any atom is -0.368 e. The van der Waals surface area contributed by atoms with Crippen LogP contribution in [0.1, 0.15) is 89.3 Å². The molecule has 0 atom stereocenters. The molecular weight excluding hydrogens is 944 g/mol. The Labute approximate surface area is 427 Å². The molecule has 0 aliphatic carbocycles. The third-order valence-corrected chi connectivity index (χ3v) is 15.1. The number of imidazole rings is 2. The molecule has 0 radical (unpaired) electrons. The van der Waals surface area contributed by atoms with E-state index in [1.165, 1.54) is 12.3 Å². The van der Waals surface area contributed by atoms with Gasteiger partial charge in [0.05, 0.1) is 40.8 Å². The summed E-state index contributed by atoms with van der Waals surface area (Å²) in [5.41, 5.74) is 7.99. The lowest BCUT2D eigenvalue weighted by atomic mass is 10.0. The van der Waals surface area contributed by atoms with Crippen LogP contribution in [0.5, 0.6) is 0 Å². The number of fused-ring (bicyclic) bond motifs is 7. The first kappa shape index (κ1) is 48.7. The molecule has 1 saturated heterocycles. The predicted octanol–water partition coefficient (Wildman–Crippen LogP) is 9.79. The normalized spacial score (nSPS) is 16.7. The smallest absolute Gasteiger partial charge is 0.229 e. The second kappa shape index (κ2) is 19.1. The number of rotatable bonds is 9. The van der Waals surface area contributed by atoms with Crippen LogP contribution < -0.4 is 15.5 Å². The van der Waals surface area contributed by atoms with Crippen LogP contribution in [0.2, 0.25) is 0 Å². The van der Waals surface area contributed by atoms with Gasteiger partial charge in [0, 0.05) is 92.9 Å². The lowest BCUT2D eigenvalue weighted by Crippen LogP contribution is -2.46. The van der Waals surface area contributed by atoms with Gasteiger partial charge in [-0.1, -0.05) is 19.9 Å². The molecule has 1 fully saturated rings. The first-order chi connectivity index (χ1) is 35.5. The van der Waals surface area contributed by atoms with Crippen molar-refractivity contribution in [1.29, 1.82) is 0 Å². The number of halogens is 3. The van der Waals surface area contributed by atoms with Gasteiger partial charge in [-0.15, -0.1) is 0 Å². The maximum Gasteiger partial charge on any atom is 0.229 e. The summed E-state index contributed by atoms with van der Waals surface area (Å²) in [4.78, 5) is 54.4. The Morgan fingerprint density at radius 2 is 1.23 bits per heavy atom. The molecule has 6 aromatic heterocycles. The van der Waals surface area contributed by atoms with Gasteiger partial charge in [-0.05, 0) is 108 Å². The summed E-state index contributed by atoms with van der Waals surface area (Å²) >= 11 is 0. The Hall–Kier alpha value is -7.54. The fraction of sp³-hybridized carbons (Fsp3) is 0.400. The monoisotopic (exact) mass is 1000 g/mol. The SMILES string of the molecule is CCC(=O)N1CCc2nc(Nc3ncc(F)c(-c4cc(F)c5nc6n(c5c4)C(C)(C)CC6)n3)ccc2C1.CCN1CCN(c2ccc(Nc3ncc(F)c(-c4cc(C)c5nc6n(c5c4)C(C)(C)CC6)n3)nc2)CC1. The van der Waals surface area contributed by atoms with Crippen molar-refractivity contribution < 1.29 is 18.0 Å². The maximum atomic E-state index is 15.1. The number of hydrogen-bond donors (Lipinski definition) is 2. The maximum absolute atomic E-state index is 15.1. The molecule has 74 heavy (non-hydrogen) atoms. The van der Waals surface area contributed by atoms with Crippen LogP contribution in [0.3, 0.4) is 0 Å². The fourth-order valence-corrected chi connectivity index (χ4v) is 11.0. The Balaban J connectivity index is 0.000000159. The van der Waals surface area contributed by atoms with Crippen molar-refractivity contribution in [3.05, 3.63) is 113 Å². The fourth-order valence-electron chi connectivity index (χ4n) is 11.0. The van der Waals surface area contributed by atoms with Crippen molar-refractivity contribution in [3.8, 4) is 22.5 Å². The summed E-state index contributed by atoms with van der Waals surface area (Å²) in [5, 5.41) is 6.19. The topological polar surface area (TPSA) is 164 Å². The number of anilines is 5. The van der Waals surface area contributed by atoms with E-state index in [-0.39, 0.29) is 39.8 Å². The molecule has 2 N–H and O–H groups in total. The number of aromatic nitrogens is 10. The summed E-state index contributed by atoms with van der Waals surface area (Å²) in [6.45, 7) is 21.1. The molecule has 19 heteroatoms. The molecule has 12 rings (SSSR count). The van der Waals surface area contributed by atoms with Crippen LogP contribution in [0.4, 0.5) is 42.4 Å². The summed E-state index contributed by atoms with van der Waals surface area (Å²) in [6, 6.07) is 14.7. The Morgan fingerprint density at radius 3 is 1.84 bits per heavy atom. The molecule has 4 aliphatic rings. The average molecular weight is 1000 g/mol. The third kappa shape index (κ3) is 9.15. The van der Waals surface area contributed by atoms with Gasteiger partial charge >= 0.3 is 0 Å². The molecule has 0 saturated carbocycles. The van der Waals surface area contributed by atoms with Gasteiger partial charge < -0.3 is 34.5 Å². The van der Waals surface area contributed by atoms with E-state index in [1.54, 1.807) is 12.1 Å². The Kier molecular flexibility index (Phi) is 12.5. The van der Waals surface area contributed by atoms with Crippen molar-refractivity contribution >= 4 is 57.2 Å². The predicted molar refractivity (Wildman–Crippen MR) is 280 cm³/mol. The molecule has 4 aliphatic heterocycles. The number of carbonyl (C=O) groups excluding carboxylic acids is 1. The molecule has 0 spiro atoms. The Morgan fingerprint density at radius 1 is 0.635 bits per heavy atom. The van der Waals surface area contributed by atoms with Crippen molar-refractivity contribution in [2.45, 2.75) is 105 Å². The van der Waals surface area contributed by atoms with Gasteiger partial charge in [-0.2, -0.15) is 0 Å². The van der Waals surface area contributed by atoms with Gasteiger partial charge in [0.25, 0.3) is 0 Å². The highest BCUT2D eigenvalue weighted by Crippen LogP contribution is 2.40. The van der Waals surface area contributed by atoms with E-state index in [9.17, 15) is 13.6 Å². The molecule has 382 valence electrons. The molecule has 16 nitrogen and oxygen atoms in total. The Bertz CT molecular complexity index is 3470. The number of pyridine rings is 2. The number of nitrogens with zero attached hydrogens (tertiary/aromatic N) is 13. The molecule has 0 unspecified atom stereocenters. The highest BCUT2D eigenvalue weighted by molar-refractivity contribution is 5.86. The standard InChI is InChI=1S/C28H33FN8.C27H27F2N7O/c1-5-35-10-12-36(13-11-35)20-6-7-23(30-16-20)32-27-31-17-21(29)26(34-27)19-14-18(2)25-22(15-19)37-24(33-25)8-9-28(37,3)4;1-4-23(37)35-10-8-19-15(14-35)5-6-21(31-19)32-26-30-13-18(29)24(34-26)16-11-17(28)25-20(12-16)36-22(33-25)7-9-27(36,2)3/h6-7,14-17H,5,8-13H2,1-4H3,(H,30,31,32,34);5-6,11-13H,4,7-10,14H2,1-3H3,(H,30,31,32,34). The second-order valence-electron chi connectivity index (χ2n) is 20.9. The summed E-state index contributed by atoms with van der Waals surface area (Å²) in [7, 11) is 0. The number of amides is 1. The number of piperazine rings is 1. The van der Waals surface area contributed by atoms with Crippen LogP contribution in [0.25, 0.3) is 44.6 Å². The average Bonchev–Trinajstić information content (AvgIpc) is 4.15. The quantitative estimate of drug-likeness (QED) is 0.141. The molecule has 8 aromatic rings. The van der Waals surface area contributed by atoms with Gasteiger partial charge in [-0.25, -0.2) is 53.0 Å². The number of likely N-dealkylation sites (N-methyl/N-ethyl adjacent to an activating group) is 1. The number of aryl methyl sites for hydroxylation is 3. The van der Waals surface area contributed by atoms with Crippen LogP contribution in [-0.2, 0) is 41.7 Å². The second-order valence-corrected chi connectivity index (χ2v) is 20.9. The number of carbonyl (C=O) groups is 1. The van der Waals surface area contributed by atoms with Crippen molar-refractivity contribution in [3.63, 3.8) is 0 Å². The highest BCUT2D eigenvalue weighted by Gasteiger charge is 2.35. The zero-order valence-corrected chi connectivity index (χ0v) is 42.9. The highest BCUT2D eigenvalue weighted by atomic mass is 19.1. The van der Waals surface area contributed by atoms with Gasteiger partial charge in [0.2, 0.25) is 17.8 Å². The van der Waals surface area contributed by atoms with E-state index in [0.29, 0.717) is 60.2 Å². The van der Waals surface area contributed by atoms with E-state index in [0.717, 1.165) is 110 Å². The van der Waals surface area contributed by atoms with Crippen LogP contribution in [-0.4, -0.2) is 104 Å². The van der Waals surface area contributed by atoms with E-state index < -0.39 is 17.5 Å². The summed E-state index contributed by atoms with van der Waals surface area (Å²) in [5.74, 6) is 2.03. The van der Waals surface area contributed by atoms with Gasteiger partial charge in [-0.3, -0.25) is 4.79 Å². The van der Waals surface area contributed by atoms with Gasteiger partial charge in [0.15, 0.2) is 17.5 Å². The lowest BCUT2D eigenvalue weighted by Gasteiger charge is -2.35. The summed E-state index contributed by atoms with van der Waals surface area (Å²) < 4.78 is 49.3. The lowest BCUT2D eigenvalue weighted by molar-refractivity contribution is -0.131. The van der Waals surface area contributed by atoms with Crippen LogP contribution >= 0.6 is 0 Å². The first-order valence-corrected chi connectivity index (χ1v) is 25.6. The third-order valence-electron chi connectivity index (χ3n) is 15.1. The molecule has 1 amide bonds. The number of benzene rings is 2. The van der Waals surface area contributed by atoms with E-state index in [4.69, 9.17) is 4.98 Å². The zero-order valence-electron chi connectivity index (χ0n) is 42.9. The molecule has 2 aromatic carbocycles. The van der Waals surface area contributed by atoms with Crippen molar-refractivity contribution in [2.75, 3.05) is 54.8 Å². The molecular formula is C55H60F3N15O. The van der Waals surface area contributed by atoms with E-state index >= 15 is 4.39 Å². The van der Waals surface area contributed by atoms with Crippen molar-refractivity contribution in [2.24, 2.45) is 0 Å². The summed E-state index contributed by atoms with van der Waals surface area (Å²) in [6.07, 6.45) is 8.97. The minimum atomic E-state index is -0.649. The molecule has 0 bridgehead atoms. The zero-order chi connectivity index (χ0) is 51.6. The molecule has 10 heterocycles.